The number of hydrogen-bond donors (Lipinski definition) is 1. The van der Waals surface area contributed by atoms with Crippen molar-refractivity contribution in [1.82, 2.24) is 0 Å². The van der Waals surface area contributed by atoms with Gasteiger partial charge >= 0.3 is 0 Å². The third-order valence-electron chi connectivity index (χ3n) is 3.87. The Morgan fingerprint density at radius 2 is 1.75 bits per heavy atom. The predicted octanol–water partition coefficient (Wildman–Crippen LogP) is 2.84. The molecule has 0 bridgehead atoms. The minimum atomic E-state index is 0.280. The van der Waals surface area contributed by atoms with Crippen molar-refractivity contribution in [2.75, 3.05) is 0 Å². The van der Waals surface area contributed by atoms with Gasteiger partial charge < -0.3 is 5.73 Å². The van der Waals surface area contributed by atoms with Gasteiger partial charge in [-0.1, -0.05) is 25.7 Å². The second kappa shape index (κ2) is 3.37. The van der Waals surface area contributed by atoms with E-state index in [0.29, 0.717) is 0 Å². The lowest BCUT2D eigenvalue weighted by Crippen LogP contribution is -2.46. The molecule has 0 saturated heterocycles. The fourth-order valence-corrected chi connectivity index (χ4v) is 2.67. The fourth-order valence-electron chi connectivity index (χ4n) is 2.67. The molecule has 0 heterocycles. The van der Waals surface area contributed by atoms with Gasteiger partial charge in [-0.15, -0.1) is 0 Å². The number of rotatable bonds is 3. The van der Waals surface area contributed by atoms with Crippen LogP contribution in [0.5, 0.6) is 0 Å². The molecular formula is C11H21N. The highest BCUT2D eigenvalue weighted by molar-refractivity contribution is 4.92. The molecule has 2 rings (SSSR count). The molecule has 2 fully saturated rings. The minimum Gasteiger partial charge on any atom is -0.325 e. The van der Waals surface area contributed by atoms with Crippen molar-refractivity contribution in [3.8, 4) is 0 Å². The van der Waals surface area contributed by atoms with E-state index in [2.05, 4.69) is 0 Å². The Morgan fingerprint density at radius 3 is 2.25 bits per heavy atom. The third-order valence-corrected chi connectivity index (χ3v) is 3.87. The third kappa shape index (κ3) is 1.82. The summed E-state index contributed by atoms with van der Waals surface area (Å²) in [6.07, 6.45) is 12.6. The predicted molar refractivity (Wildman–Crippen MR) is 52.0 cm³/mol. The Kier molecular flexibility index (Phi) is 2.40. The van der Waals surface area contributed by atoms with E-state index < -0.39 is 0 Å². The summed E-state index contributed by atoms with van der Waals surface area (Å²) in [4.78, 5) is 0. The Bertz CT molecular complexity index is 143. The molecule has 2 N–H and O–H groups in total. The van der Waals surface area contributed by atoms with Gasteiger partial charge in [-0.2, -0.15) is 0 Å². The van der Waals surface area contributed by atoms with Crippen molar-refractivity contribution in [2.24, 2.45) is 11.7 Å². The van der Waals surface area contributed by atoms with Crippen LogP contribution in [0.15, 0.2) is 0 Å². The summed E-state index contributed by atoms with van der Waals surface area (Å²) in [5.41, 5.74) is 6.46. The molecular weight excluding hydrogens is 146 g/mol. The van der Waals surface area contributed by atoms with Crippen LogP contribution in [0.4, 0.5) is 0 Å². The maximum atomic E-state index is 6.18. The van der Waals surface area contributed by atoms with Gasteiger partial charge in [0.15, 0.2) is 0 Å². The van der Waals surface area contributed by atoms with Gasteiger partial charge in [0.1, 0.15) is 0 Å². The summed E-state index contributed by atoms with van der Waals surface area (Å²) < 4.78 is 0. The van der Waals surface area contributed by atoms with E-state index in [1.807, 2.05) is 0 Å². The van der Waals surface area contributed by atoms with Gasteiger partial charge in [0.25, 0.3) is 0 Å². The Morgan fingerprint density at radius 1 is 1.08 bits per heavy atom. The summed E-state index contributed by atoms with van der Waals surface area (Å²) in [5.74, 6) is 1.03. The first-order valence-corrected chi connectivity index (χ1v) is 5.57. The van der Waals surface area contributed by atoms with Crippen LogP contribution in [0, 0.1) is 5.92 Å². The van der Waals surface area contributed by atoms with E-state index in [1.54, 1.807) is 0 Å². The van der Waals surface area contributed by atoms with Crippen LogP contribution in [0.1, 0.15) is 57.8 Å². The lowest BCUT2D eigenvalue weighted by Gasteiger charge is -2.38. The summed E-state index contributed by atoms with van der Waals surface area (Å²) >= 11 is 0. The first-order chi connectivity index (χ1) is 5.79. The summed E-state index contributed by atoms with van der Waals surface area (Å²) in [7, 11) is 0. The smallest absolute Gasteiger partial charge is 0.0154 e. The molecule has 0 radical (unpaired) electrons. The highest BCUT2D eigenvalue weighted by Gasteiger charge is 2.32. The average molecular weight is 167 g/mol. The van der Waals surface area contributed by atoms with E-state index >= 15 is 0 Å². The van der Waals surface area contributed by atoms with Gasteiger partial charge in [0.05, 0.1) is 0 Å². The van der Waals surface area contributed by atoms with Crippen LogP contribution in [-0.4, -0.2) is 5.54 Å². The van der Waals surface area contributed by atoms with Crippen molar-refractivity contribution in [2.45, 2.75) is 63.3 Å². The van der Waals surface area contributed by atoms with E-state index in [4.69, 9.17) is 5.73 Å². The van der Waals surface area contributed by atoms with E-state index in [9.17, 15) is 0 Å². The first-order valence-electron chi connectivity index (χ1n) is 5.57. The number of nitrogens with two attached hydrogens (primary N) is 1. The molecule has 70 valence electrons. The lowest BCUT2D eigenvalue weighted by molar-refractivity contribution is 0.213. The Hall–Kier alpha value is -0.0400. The van der Waals surface area contributed by atoms with Crippen molar-refractivity contribution in [3.63, 3.8) is 0 Å². The molecule has 1 heteroatoms. The molecule has 0 aromatic carbocycles. The van der Waals surface area contributed by atoms with Gasteiger partial charge in [-0.05, 0) is 38.0 Å². The Balaban J connectivity index is 1.67. The highest BCUT2D eigenvalue weighted by Crippen LogP contribution is 2.37. The lowest BCUT2D eigenvalue weighted by atomic mass is 9.73. The van der Waals surface area contributed by atoms with Gasteiger partial charge in [-0.3, -0.25) is 0 Å². The quantitative estimate of drug-likeness (QED) is 0.687. The van der Waals surface area contributed by atoms with Crippen LogP contribution in [0.25, 0.3) is 0 Å². The van der Waals surface area contributed by atoms with Gasteiger partial charge in [0.2, 0.25) is 0 Å². The minimum absolute atomic E-state index is 0.280. The normalized spacial score (nSPS) is 28.8. The molecule has 2 saturated carbocycles. The van der Waals surface area contributed by atoms with Crippen LogP contribution < -0.4 is 5.73 Å². The maximum absolute atomic E-state index is 6.18. The van der Waals surface area contributed by atoms with Crippen molar-refractivity contribution in [3.05, 3.63) is 0 Å². The zero-order valence-electron chi connectivity index (χ0n) is 8.02. The van der Waals surface area contributed by atoms with Crippen LogP contribution in [0.3, 0.4) is 0 Å². The fraction of sp³-hybridized carbons (Fsp3) is 1.00. The maximum Gasteiger partial charge on any atom is 0.0154 e. The second-order valence-corrected chi connectivity index (χ2v) is 4.91. The average Bonchev–Trinajstić information content (AvgIpc) is 2.49. The zero-order valence-corrected chi connectivity index (χ0v) is 8.02. The molecule has 0 atom stereocenters. The molecule has 0 spiro atoms. The molecule has 12 heavy (non-hydrogen) atoms. The van der Waals surface area contributed by atoms with Gasteiger partial charge in [-0.25, -0.2) is 0 Å². The molecule has 1 nitrogen and oxygen atoms in total. The molecule has 0 unspecified atom stereocenters. The largest absolute Gasteiger partial charge is 0.325 e. The first kappa shape index (κ1) is 8.55. The van der Waals surface area contributed by atoms with Crippen molar-refractivity contribution in [1.29, 1.82) is 0 Å². The molecule has 0 aromatic rings. The number of hydrogen-bond acceptors (Lipinski definition) is 1. The van der Waals surface area contributed by atoms with Gasteiger partial charge in [0, 0.05) is 5.54 Å². The molecule has 2 aliphatic carbocycles. The van der Waals surface area contributed by atoms with Crippen molar-refractivity contribution < 1.29 is 0 Å². The SMILES string of the molecule is NC1(CCC2CCCC2)CCC1. The zero-order chi connectivity index (χ0) is 8.44. The van der Waals surface area contributed by atoms with Crippen LogP contribution >= 0.6 is 0 Å². The Labute approximate surface area is 75.7 Å². The van der Waals surface area contributed by atoms with Crippen LogP contribution in [-0.2, 0) is 0 Å². The van der Waals surface area contributed by atoms with E-state index in [1.165, 1.54) is 57.8 Å². The standard InChI is InChI=1S/C11H21N/c12-11(7-3-8-11)9-6-10-4-1-2-5-10/h10H,1-9,12H2. The summed E-state index contributed by atoms with van der Waals surface area (Å²) in [6, 6.07) is 0. The van der Waals surface area contributed by atoms with Crippen LogP contribution in [0.2, 0.25) is 0 Å². The molecule has 0 aromatic heterocycles. The molecule has 0 amide bonds. The summed E-state index contributed by atoms with van der Waals surface area (Å²) in [5, 5.41) is 0. The second-order valence-electron chi connectivity index (χ2n) is 4.91. The van der Waals surface area contributed by atoms with Crippen molar-refractivity contribution >= 4 is 0 Å². The van der Waals surface area contributed by atoms with E-state index in [0.717, 1.165) is 5.92 Å². The highest BCUT2D eigenvalue weighted by atomic mass is 14.8. The molecule has 0 aliphatic heterocycles. The monoisotopic (exact) mass is 167 g/mol. The summed E-state index contributed by atoms with van der Waals surface area (Å²) in [6.45, 7) is 0. The topological polar surface area (TPSA) is 26.0 Å². The molecule has 2 aliphatic rings. The van der Waals surface area contributed by atoms with E-state index in [-0.39, 0.29) is 5.54 Å².